The van der Waals surface area contributed by atoms with E-state index in [4.69, 9.17) is 13.9 Å². The van der Waals surface area contributed by atoms with Gasteiger partial charge in [0.15, 0.2) is 11.6 Å². The van der Waals surface area contributed by atoms with Gasteiger partial charge in [0.1, 0.15) is 25.4 Å². The standard InChI is InChI=1S/C22H27N7O4/c1-14-8-29(13-25-20(14)31-3)28-7-5-18-17(10-28)21(24-12-23-18)33-16-4-6-27(9-16)22(30)19-11-32-15(2)26-19/h8,11-12,16H,4-7,9-10,13H2,1-3H3. The Kier molecular flexibility index (Phi) is 5.71. The van der Waals surface area contributed by atoms with E-state index in [0.717, 1.165) is 36.2 Å². The molecule has 1 amide bonds. The first kappa shape index (κ1) is 21.4. The Balaban J connectivity index is 1.26. The Labute approximate surface area is 191 Å². The number of nitrogens with zero attached hydrogens (tertiary/aromatic N) is 7. The van der Waals surface area contributed by atoms with Gasteiger partial charge in [0.05, 0.1) is 31.5 Å². The number of carbonyl (C=O) groups is 1. The predicted octanol–water partition coefficient (Wildman–Crippen LogP) is 1.56. The minimum Gasteiger partial charge on any atom is -0.481 e. The fourth-order valence-electron chi connectivity index (χ4n) is 4.39. The topological polar surface area (TPSA) is 109 Å². The smallest absolute Gasteiger partial charge is 0.275 e. The van der Waals surface area contributed by atoms with Gasteiger partial charge in [0.2, 0.25) is 11.8 Å². The van der Waals surface area contributed by atoms with Crippen LogP contribution in [0.15, 0.2) is 33.8 Å². The lowest BCUT2D eigenvalue weighted by Gasteiger charge is -2.38. The molecule has 2 aromatic heterocycles. The summed E-state index contributed by atoms with van der Waals surface area (Å²) in [5.74, 6) is 1.58. The van der Waals surface area contributed by atoms with Crippen LogP contribution in [0.1, 0.15) is 41.0 Å². The number of amides is 1. The monoisotopic (exact) mass is 453 g/mol. The second-order valence-corrected chi connectivity index (χ2v) is 8.33. The number of aromatic nitrogens is 3. The number of methoxy groups -OCH3 is 1. The van der Waals surface area contributed by atoms with Gasteiger partial charge >= 0.3 is 0 Å². The molecule has 0 aliphatic carbocycles. The average Bonchev–Trinajstić information content (AvgIpc) is 3.48. The highest BCUT2D eigenvalue weighted by atomic mass is 16.5. The second-order valence-electron chi connectivity index (χ2n) is 8.33. The van der Waals surface area contributed by atoms with Gasteiger partial charge in [-0.3, -0.25) is 9.80 Å². The van der Waals surface area contributed by atoms with Gasteiger partial charge < -0.3 is 18.8 Å². The number of likely N-dealkylation sites (tertiary alicyclic amines) is 1. The Bertz CT molecular complexity index is 1110. The largest absolute Gasteiger partial charge is 0.481 e. The Hall–Kier alpha value is -3.47. The van der Waals surface area contributed by atoms with Crippen LogP contribution in [-0.2, 0) is 17.7 Å². The molecule has 174 valence electrons. The van der Waals surface area contributed by atoms with Gasteiger partial charge in [0.25, 0.3) is 5.91 Å². The first-order chi connectivity index (χ1) is 16.0. The molecule has 1 fully saturated rings. The molecule has 11 heteroatoms. The van der Waals surface area contributed by atoms with Gasteiger partial charge in [-0.1, -0.05) is 0 Å². The number of oxazole rings is 1. The first-order valence-corrected chi connectivity index (χ1v) is 11.0. The van der Waals surface area contributed by atoms with E-state index >= 15 is 0 Å². The van der Waals surface area contributed by atoms with E-state index in [2.05, 4.69) is 30.0 Å². The molecule has 11 nitrogen and oxygen atoms in total. The summed E-state index contributed by atoms with van der Waals surface area (Å²) >= 11 is 0. The molecule has 5 heterocycles. The molecule has 3 aliphatic heterocycles. The summed E-state index contributed by atoms with van der Waals surface area (Å²) in [6, 6.07) is 0. The number of hydrogen-bond acceptors (Lipinski definition) is 10. The zero-order valence-corrected chi connectivity index (χ0v) is 19.0. The van der Waals surface area contributed by atoms with Crippen LogP contribution >= 0.6 is 0 Å². The van der Waals surface area contributed by atoms with Crippen LogP contribution in [0, 0.1) is 6.92 Å². The van der Waals surface area contributed by atoms with Crippen molar-refractivity contribution in [1.82, 2.24) is 29.9 Å². The van der Waals surface area contributed by atoms with Gasteiger partial charge in [0, 0.05) is 44.6 Å². The zero-order valence-electron chi connectivity index (χ0n) is 19.0. The first-order valence-electron chi connectivity index (χ1n) is 11.0. The van der Waals surface area contributed by atoms with Crippen molar-refractivity contribution in [3.63, 3.8) is 0 Å². The molecule has 1 atom stereocenters. The number of fused-ring (bicyclic) bond motifs is 1. The summed E-state index contributed by atoms with van der Waals surface area (Å²) in [6.07, 6.45) is 6.39. The lowest BCUT2D eigenvalue weighted by Crippen LogP contribution is -2.44. The fraction of sp³-hybridized carbons (Fsp3) is 0.500. The molecule has 0 aromatic carbocycles. The normalized spacial score (nSPS) is 20.9. The number of aliphatic imine (C=N–C) groups is 1. The van der Waals surface area contributed by atoms with Crippen molar-refractivity contribution in [1.29, 1.82) is 0 Å². The van der Waals surface area contributed by atoms with Crippen molar-refractivity contribution >= 4 is 11.8 Å². The van der Waals surface area contributed by atoms with Crippen LogP contribution in [0.5, 0.6) is 5.88 Å². The van der Waals surface area contributed by atoms with Crippen molar-refractivity contribution in [2.24, 2.45) is 4.99 Å². The predicted molar refractivity (Wildman–Crippen MR) is 117 cm³/mol. The van der Waals surface area contributed by atoms with Gasteiger partial charge in [-0.05, 0) is 6.92 Å². The van der Waals surface area contributed by atoms with Gasteiger partial charge in [-0.25, -0.2) is 25.0 Å². The third-order valence-corrected chi connectivity index (χ3v) is 6.09. The summed E-state index contributed by atoms with van der Waals surface area (Å²) in [4.78, 5) is 32.0. The average molecular weight is 454 g/mol. The van der Waals surface area contributed by atoms with Crippen LogP contribution in [0.2, 0.25) is 0 Å². The second kappa shape index (κ2) is 8.81. The highest BCUT2D eigenvalue weighted by molar-refractivity contribution is 5.93. The van der Waals surface area contributed by atoms with Crippen molar-refractivity contribution in [2.75, 3.05) is 33.4 Å². The highest BCUT2D eigenvalue weighted by Gasteiger charge is 2.32. The Morgan fingerprint density at radius 3 is 2.88 bits per heavy atom. The van der Waals surface area contributed by atoms with Crippen LogP contribution in [-0.4, -0.2) is 81.2 Å². The Morgan fingerprint density at radius 1 is 1.24 bits per heavy atom. The highest BCUT2D eigenvalue weighted by Crippen LogP contribution is 2.28. The summed E-state index contributed by atoms with van der Waals surface area (Å²) in [5, 5.41) is 4.31. The van der Waals surface area contributed by atoms with Crippen molar-refractivity contribution in [3.05, 3.63) is 47.2 Å². The Morgan fingerprint density at radius 2 is 2.12 bits per heavy atom. The van der Waals surface area contributed by atoms with E-state index in [-0.39, 0.29) is 12.0 Å². The number of hydrazine groups is 1. The van der Waals surface area contributed by atoms with Crippen LogP contribution in [0.4, 0.5) is 0 Å². The number of hydrogen-bond donors (Lipinski definition) is 0. The molecule has 0 N–H and O–H groups in total. The van der Waals surface area contributed by atoms with Crippen molar-refractivity contribution < 1.29 is 18.7 Å². The quantitative estimate of drug-likeness (QED) is 0.681. The number of aryl methyl sites for hydroxylation is 1. The lowest BCUT2D eigenvalue weighted by atomic mass is 10.1. The van der Waals surface area contributed by atoms with Gasteiger partial charge in [-0.2, -0.15) is 0 Å². The number of carbonyl (C=O) groups excluding carboxylic acids is 1. The van der Waals surface area contributed by atoms with E-state index in [1.807, 2.05) is 13.1 Å². The number of rotatable bonds is 4. The molecule has 0 spiro atoms. The molecular formula is C22H27N7O4. The molecule has 2 aromatic rings. The summed E-state index contributed by atoms with van der Waals surface area (Å²) in [7, 11) is 1.63. The maximum Gasteiger partial charge on any atom is 0.275 e. The minimum atomic E-state index is -0.142. The minimum absolute atomic E-state index is 0.137. The molecule has 1 saturated heterocycles. The molecule has 0 saturated carbocycles. The van der Waals surface area contributed by atoms with E-state index in [1.165, 1.54) is 6.26 Å². The number of ether oxygens (including phenoxy) is 2. The third-order valence-electron chi connectivity index (χ3n) is 6.09. The van der Waals surface area contributed by atoms with E-state index < -0.39 is 0 Å². The lowest BCUT2D eigenvalue weighted by molar-refractivity contribution is 0.00515. The van der Waals surface area contributed by atoms with E-state index in [9.17, 15) is 4.79 Å². The molecule has 3 aliphatic rings. The molecular weight excluding hydrogens is 426 g/mol. The van der Waals surface area contributed by atoms with Crippen molar-refractivity contribution in [3.8, 4) is 5.88 Å². The van der Waals surface area contributed by atoms with Crippen LogP contribution < -0.4 is 4.74 Å². The third kappa shape index (κ3) is 4.28. The van der Waals surface area contributed by atoms with Crippen LogP contribution in [0.3, 0.4) is 0 Å². The molecule has 0 radical (unpaired) electrons. The van der Waals surface area contributed by atoms with E-state index in [0.29, 0.717) is 49.7 Å². The van der Waals surface area contributed by atoms with Crippen molar-refractivity contribution in [2.45, 2.75) is 39.3 Å². The molecule has 5 rings (SSSR count). The zero-order chi connectivity index (χ0) is 22.9. The maximum atomic E-state index is 12.7. The fourth-order valence-corrected chi connectivity index (χ4v) is 4.39. The SMILES string of the molecule is COC1=NCN(N2CCc3ncnc(OC4CCN(C(=O)c5coc(C)n5)C4)c3C2)C=C1C. The van der Waals surface area contributed by atoms with Crippen LogP contribution in [0.25, 0.3) is 0 Å². The molecule has 0 bridgehead atoms. The summed E-state index contributed by atoms with van der Waals surface area (Å²) in [5.41, 5.74) is 3.29. The molecule has 1 unspecified atom stereocenters. The summed E-state index contributed by atoms with van der Waals surface area (Å²) in [6.45, 7) is 6.74. The molecule has 33 heavy (non-hydrogen) atoms. The van der Waals surface area contributed by atoms with E-state index in [1.54, 1.807) is 25.3 Å². The maximum absolute atomic E-state index is 12.7. The summed E-state index contributed by atoms with van der Waals surface area (Å²) < 4.78 is 16.8. The van der Waals surface area contributed by atoms with Gasteiger partial charge in [-0.15, -0.1) is 0 Å².